The molecule has 6 heteroatoms. The summed E-state index contributed by atoms with van der Waals surface area (Å²) in [6, 6.07) is 3.79. The Bertz CT molecular complexity index is 521. The summed E-state index contributed by atoms with van der Waals surface area (Å²) in [5.41, 5.74) is 0.698. The largest absolute Gasteiger partial charge is 0.357 e. The molecule has 2 amide bonds. The predicted octanol–water partition coefficient (Wildman–Crippen LogP) is -0.0170. The highest BCUT2D eigenvalue weighted by atomic mass is 16.2. The molecule has 1 aromatic rings. The highest BCUT2D eigenvalue weighted by Crippen LogP contribution is 2.36. The standard InChI is InChI=1S/C14H20N4O2/c1-15-13(19)12-9-16-6-8-18(12)14(20)11-3-2-7-17(11)10-4-5-10/h2-3,7,10,12,16H,4-6,8-9H2,1H3,(H,15,19). The minimum atomic E-state index is -0.427. The predicted molar refractivity (Wildman–Crippen MR) is 74.5 cm³/mol. The Balaban J connectivity index is 1.83. The SMILES string of the molecule is CNC(=O)C1CNCCN1C(=O)c1cccn1C1CC1. The molecule has 2 aliphatic rings. The van der Waals surface area contributed by atoms with Gasteiger partial charge in [0.2, 0.25) is 5.91 Å². The molecule has 0 bridgehead atoms. The third-order valence-corrected chi connectivity index (χ3v) is 3.99. The van der Waals surface area contributed by atoms with Crippen LogP contribution < -0.4 is 10.6 Å². The van der Waals surface area contributed by atoms with Crippen LogP contribution in [-0.4, -0.2) is 54.0 Å². The molecule has 1 atom stereocenters. The molecule has 1 saturated carbocycles. The number of nitrogens with zero attached hydrogens (tertiary/aromatic N) is 2. The van der Waals surface area contributed by atoms with Crippen LogP contribution in [0, 0.1) is 0 Å². The summed E-state index contributed by atoms with van der Waals surface area (Å²) in [5, 5.41) is 5.80. The van der Waals surface area contributed by atoms with Crippen molar-refractivity contribution in [2.75, 3.05) is 26.7 Å². The van der Waals surface area contributed by atoms with Crippen molar-refractivity contribution in [3.63, 3.8) is 0 Å². The molecule has 3 rings (SSSR count). The summed E-state index contributed by atoms with van der Waals surface area (Å²) in [7, 11) is 1.60. The number of aromatic nitrogens is 1. The summed E-state index contributed by atoms with van der Waals surface area (Å²) in [6.45, 7) is 1.80. The Morgan fingerprint density at radius 3 is 2.90 bits per heavy atom. The maximum Gasteiger partial charge on any atom is 0.271 e. The molecule has 0 aromatic carbocycles. The lowest BCUT2D eigenvalue weighted by atomic mass is 10.1. The summed E-state index contributed by atoms with van der Waals surface area (Å²) in [5.74, 6) is -0.160. The van der Waals surface area contributed by atoms with E-state index in [1.165, 1.54) is 0 Å². The average Bonchev–Trinajstić information content (AvgIpc) is 3.23. The van der Waals surface area contributed by atoms with Gasteiger partial charge in [-0.1, -0.05) is 0 Å². The summed E-state index contributed by atoms with van der Waals surface area (Å²) < 4.78 is 2.05. The molecular formula is C14H20N4O2. The van der Waals surface area contributed by atoms with Gasteiger partial charge in [0.25, 0.3) is 5.91 Å². The lowest BCUT2D eigenvalue weighted by molar-refractivity contribution is -0.125. The van der Waals surface area contributed by atoms with E-state index in [9.17, 15) is 9.59 Å². The van der Waals surface area contributed by atoms with Gasteiger partial charge in [-0.2, -0.15) is 0 Å². The first-order valence-electron chi connectivity index (χ1n) is 7.12. The van der Waals surface area contributed by atoms with Gasteiger partial charge in [-0.3, -0.25) is 9.59 Å². The van der Waals surface area contributed by atoms with Gasteiger partial charge in [-0.25, -0.2) is 0 Å². The molecule has 1 aliphatic heterocycles. The van der Waals surface area contributed by atoms with Gasteiger partial charge < -0.3 is 20.1 Å². The Kier molecular flexibility index (Phi) is 3.48. The molecule has 6 nitrogen and oxygen atoms in total. The first-order valence-corrected chi connectivity index (χ1v) is 7.12. The van der Waals surface area contributed by atoms with E-state index in [1.54, 1.807) is 11.9 Å². The highest BCUT2D eigenvalue weighted by Gasteiger charge is 2.34. The fourth-order valence-corrected chi connectivity index (χ4v) is 2.74. The molecular weight excluding hydrogens is 256 g/mol. The van der Waals surface area contributed by atoms with Crippen LogP contribution >= 0.6 is 0 Å². The van der Waals surface area contributed by atoms with Crippen LogP contribution in [0.1, 0.15) is 29.4 Å². The first-order chi connectivity index (χ1) is 9.72. The number of nitrogens with one attached hydrogen (secondary N) is 2. The molecule has 0 spiro atoms. The molecule has 2 heterocycles. The number of likely N-dealkylation sites (N-methyl/N-ethyl adjacent to an activating group) is 1. The van der Waals surface area contributed by atoms with Crippen molar-refractivity contribution in [2.45, 2.75) is 24.9 Å². The Morgan fingerprint density at radius 1 is 1.40 bits per heavy atom. The molecule has 1 saturated heterocycles. The van der Waals surface area contributed by atoms with Crippen molar-refractivity contribution in [2.24, 2.45) is 0 Å². The molecule has 0 radical (unpaired) electrons. The topological polar surface area (TPSA) is 66.4 Å². The number of hydrogen-bond donors (Lipinski definition) is 2. The van der Waals surface area contributed by atoms with Crippen LogP contribution in [0.25, 0.3) is 0 Å². The van der Waals surface area contributed by atoms with Gasteiger partial charge in [0.1, 0.15) is 11.7 Å². The van der Waals surface area contributed by atoms with E-state index in [2.05, 4.69) is 10.6 Å². The second kappa shape index (κ2) is 5.28. The van der Waals surface area contributed by atoms with Crippen LogP contribution in [0.15, 0.2) is 18.3 Å². The number of piperazine rings is 1. The highest BCUT2D eigenvalue weighted by molar-refractivity contribution is 5.96. The zero-order valence-electron chi connectivity index (χ0n) is 11.6. The zero-order chi connectivity index (χ0) is 14.1. The molecule has 1 aliphatic carbocycles. The summed E-state index contributed by atoms with van der Waals surface area (Å²) >= 11 is 0. The maximum atomic E-state index is 12.7. The van der Waals surface area contributed by atoms with Crippen molar-refractivity contribution in [3.8, 4) is 0 Å². The number of carbonyl (C=O) groups excluding carboxylic acids is 2. The van der Waals surface area contributed by atoms with Crippen molar-refractivity contribution in [1.82, 2.24) is 20.1 Å². The van der Waals surface area contributed by atoms with Crippen LogP contribution in [0.4, 0.5) is 0 Å². The van der Waals surface area contributed by atoms with E-state index >= 15 is 0 Å². The summed E-state index contributed by atoms with van der Waals surface area (Å²) in [4.78, 5) is 26.4. The minimum absolute atomic E-state index is 0.0444. The zero-order valence-corrected chi connectivity index (χ0v) is 11.6. The number of hydrogen-bond acceptors (Lipinski definition) is 3. The quantitative estimate of drug-likeness (QED) is 0.815. The third-order valence-electron chi connectivity index (χ3n) is 3.99. The smallest absolute Gasteiger partial charge is 0.271 e. The van der Waals surface area contributed by atoms with E-state index in [1.807, 2.05) is 22.9 Å². The van der Waals surface area contributed by atoms with Crippen molar-refractivity contribution >= 4 is 11.8 Å². The number of rotatable bonds is 3. The Morgan fingerprint density at radius 2 is 2.20 bits per heavy atom. The van der Waals surface area contributed by atoms with E-state index in [0.717, 1.165) is 19.4 Å². The lowest BCUT2D eigenvalue weighted by Crippen LogP contribution is -2.59. The van der Waals surface area contributed by atoms with Gasteiger partial charge in [0.05, 0.1) is 0 Å². The molecule has 2 fully saturated rings. The normalized spacial score (nSPS) is 22.6. The molecule has 20 heavy (non-hydrogen) atoms. The van der Waals surface area contributed by atoms with Gasteiger partial charge in [-0.05, 0) is 25.0 Å². The monoisotopic (exact) mass is 276 g/mol. The summed E-state index contributed by atoms with van der Waals surface area (Å²) in [6.07, 6.45) is 4.23. The van der Waals surface area contributed by atoms with E-state index in [0.29, 0.717) is 24.8 Å². The van der Waals surface area contributed by atoms with Gasteiger partial charge in [0, 0.05) is 38.9 Å². The van der Waals surface area contributed by atoms with Crippen molar-refractivity contribution in [3.05, 3.63) is 24.0 Å². The van der Waals surface area contributed by atoms with Crippen LogP contribution in [0.2, 0.25) is 0 Å². The first kappa shape index (κ1) is 13.2. The van der Waals surface area contributed by atoms with E-state index < -0.39 is 6.04 Å². The van der Waals surface area contributed by atoms with E-state index in [4.69, 9.17) is 0 Å². The Hall–Kier alpha value is -1.82. The molecule has 1 aromatic heterocycles. The number of amides is 2. The maximum absolute atomic E-state index is 12.7. The fourth-order valence-electron chi connectivity index (χ4n) is 2.74. The number of carbonyl (C=O) groups is 2. The van der Waals surface area contributed by atoms with Crippen LogP contribution in [0.3, 0.4) is 0 Å². The average molecular weight is 276 g/mol. The second-order valence-corrected chi connectivity index (χ2v) is 5.36. The molecule has 2 N–H and O–H groups in total. The van der Waals surface area contributed by atoms with Crippen molar-refractivity contribution < 1.29 is 9.59 Å². The van der Waals surface area contributed by atoms with Crippen LogP contribution in [0.5, 0.6) is 0 Å². The molecule has 1 unspecified atom stereocenters. The van der Waals surface area contributed by atoms with Gasteiger partial charge in [-0.15, -0.1) is 0 Å². The van der Waals surface area contributed by atoms with Gasteiger partial charge >= 0.3 is 0 Å². The lowest BCUT2D eigenvalue weighted by Gasteiger charge is -2.35. The van der Waals surface area contributed by atoms with Crippen molar-refractivity contribution in [1.29, 1.82) is 0 Å². The fraction of sp³-hybridized carbons (Fsp3) is 0.571. The second-order valence-electron chi connectivity index (χ2n) is 5.36. The van der Waals surface area contributed by atoms with E-state index in [-0.39, 0.29) is 11.8 Å². The third kappa shape index (κ3) is 2.31. The van der Waals surface area contributed by atoms with Gasteiger partial charge in [0.15, 0.2) is 0 Å². The van der Waals surface area contributed by atoms with Crippen LogP contribution in [-0.2, 0) is 4.79 Å². The minimum Gasteiger partial charge on any atom is -0.357 e. The molecule has 108 valence electrons. The Labute approximate surface area is 118 Å².